The molecule has 0 radical (unpaired) electrons. The lowest BCUT2D eigenvalue weighted by molar-refractivity contribution is 0.0993. The molecule has 2 aromatic carbocycles. The molecular formula is C17H14BrFO. The number of ketones is 1. The lowest BCUT2D eigenvalue weighted by Gasteiger charge is -2.05. The van der Waals surface area contributed by atoms with Crippen LogP contribution >= 0.6 is 15.9 Å². The van der Waals surface area contributed by atoms with Crippen LogP contribution in [0.25, 0.3) is 0 Å². The molecule has 2 aromatic rings. The van der Waals surface area contributed by atoms with Crippen LogP contribution in [0.3, 0.4) is 0 Å². The molecule has 1 aliphatic carbocycles. The number of carbonyl (C=O) groups excluding carboxylic acids is 1. The second kappa shape index (κ2) is 5.49. The standard InChI is InChI=1S/C17H14BrFO/c18-15-8-11(4-7-16(15)19)9-17(20)14-6-5-12-2-1-3-13(12)10-14/h4-8,10H,1-3,9H2. The van der Waals surface area contributed by atoms with Gasteiger partial charge in [-0.05, 0) is 70.1 Å². The van der Waals surface area contributed by atoms with Gasteiger partial charge in [0.25, 0.3) is 0 Å². The fraction of sp³-hybridized carbons (Fsp3) is 0.235. The third-order valence-corrected chi connectivity index (χ3v) is 4.38. The molecule has 0 saturated carbocycles. The van der Waals surface area contributed by atoms with Crippen molar-refractivity contribution in [3.05, 3.63) is 68.9 Å². The molecule has 0 fully saturated rings. The first-order valence-electron chi connectivity index (χ1n) is 6.72. The van der Waals surface area contributed by atoms with Gasteiger partial charge in [0.15, 0.2) is 5.78 Å². The number of hydrogen-bond acceptors (Lipinski definition) is 1. The highest BCUT2D eigenvalue weighted by Crippen LogP contribution is 2.24. The number of hydrogen-bond donors (Lipinski definition) is 0. The third-order valence-electron chi connectivity index (χ3n) is 3.77. The number of rotatable bonds is 3. The molecule has 3 heteroatoms. The van der Waals surface area contributed by atoms with Gasteiger partial charge >= 0.3 is 0 Å². The molecule has 0 atom stereocenters. The van der Waals surface area contributed by atoms with E-state index in [-0.39, 0.29) is 11.6 Å². The Balaban J connectivity index is 1.80. The van der Waals surface area contributed by atoms with Crippen LogP contribution in [0.5, 0.6) is 0 Å². The van der Waals surface area contributed by atoms with E-state index in [2.05, 4.69) is 22.0 Å². The van der Waals surface area contributed by atoms with Crippen LogP contribution in [0, 0.1) is 5.82 Å². The van der Waals surface area contributed by atoms with Gasteiger partial charge in [-0.3, -0.25) is 4.79 Å². The number of aryl methyl sites for hydroxylation is 2. The molecule has 0 bridgehead atoms. The summed E-state index contributed by atoms with van der Waals surface area (Å²) in [6.07, 6.45) is 3.67. The molecule has 0 aromatic heterocycles. The molecule has 0 spiro atoms. The number of carbonyl (C=O) groups is 1. The molecule has 0 heterocycles. The predicted octanol–water partition coefficient (Wildman–Crippen LogP) is 4.50. The Labute approximate surface area is 126 Å². The van der Waals surface area contributed by atoms with Gasteiger partial charge in [-0.25, -0.2) is 4.39 Å². The van der Waals surface area contributed by atoms with E-state index in [0.29, 0.717) is 10.9 Å². The monoisotopic (exact) mass is 332 g/mol. The van der Waals surface area contributed by atoms with E-state index in [1.807, 2.05) is 12.1 Å². The van der Waals surface area contributed by atoms with Gasteiger partial charge in [-0.2, -0.15) is 0 Å². The van der Waals surface area contributed by atoms with Crippen LogP contribution in [-0.4, -0.2) is 5.78 Å². The van der Waals surface area contributed by atoms with E-state index >= 15 is 0 Å². The highest BCUT2D eigenvalue weighted by Gasteiger charge is 2.14. The van der Waals surface area contributed by atoms with E-state index < -0.39 is 0 Å². The topological polar surface area (TPSA) is 17.1 Å². The van der Waals surface area contributed by atoms with Gasteiger partial charge in [0, 0.05) is 12.0 Å². The molecule has 0 aliphatic heterocycles. The minimum atomic E-state index is -0.307. The largest absolute Gasteiger partial charge is 0.294 e. The van der Waals surface area contributed by atoms with Gasteiger partial charge in [0.2, 0.25) is 0 Å². The minimum absolute atomic E-state index is 0.0817. The summed E-state index contributed by atoms with van der Waals surface area (Å²) in [6, 6.07) is 10.7. The Morgan fingerprint density at radius 3 is 2.70 bits per heavy atom. The summed E-state index contributed by atoms with van der Waals surface area (Å²) in [5.74, 6) is -0.225. The van der Waals surface area contributed by atoms with E-state index in [4.69, 9.17) is 0 Å². The maximum Gasteiger partial charge on any atom is 0.167 e. The Hall–Kier alpha value is -1.48. The predicted molar refractivity (Wildman–Crippen MR) is 80.6 cm³/mol. The fourth-order valence-electron chi connectivity index (χ4n) is 2.68. The summed E-state index contributed by atoms with van der Waals surface area (Å²) in [6.45, 7) is 0. The summed E-state index contributed by atoms with van der Waals surface area (Å²) in [7, 11) is 0. The molecule has 102 valence electrons. The molecule has 1 aliphatic rings. The van der Waals surface area contributed by atoms with Crippen molar-refractivity contribution in [2.24, 2.45) is 0 Å². The quantitative estimate of drug-likeness (QED) is 0.756. The van der Waals surface area contributed by atoms with Crippen LogP contribution in [0.15, 0.2) is 40.9 Å². The lowest BCUT2D eigenvalue weighted by atomic mass is 9.99. The second-order valence-electron chi connectivity index (χ2n) is 5.19. The average molecular weight is 333 g/mol. The van der Waals surface area contributed by atoms with Gasteiger partial charge in [0.1, 0.15) is 5.82 Å². The average Bonchev–Trinajstić information content (AvgIpc) is 2.90. The Bertz CT molecular complexity index is 679. The summed E-state index contributed by atoms with van der Waals surface area (Å²) in [4.78, 5) is 12.3. The van der Waals surface area contributed by atoms with Crippen molar-refractivity contribution in [1.29, 1.82) is 0 Å². The van der Waals surface area contributed by atoms with E-state index in [1.165, 1.54) is 23.6 Å². The van der Waals surface area contributed by atoms with Crippen molar-refractivity contribution in [2.45, 2.75) is 25.7 Å². The van der Waals surface area contributed by atoms with Gasteiger partial charge in [0.05, 0.1) is 4.47 Å². The first kappa shape index (κ1) is 13.5. The molecule has 0 saturated heterocycles. The molecule has 0 N–H and O–H groups in total. The molecule has 20 heavy (non-hydrogen) atoms. The van der Waals surface area contributed by atoms with E-state index in [1.54, 1.807) is 12.1 Å². The Kier molecular flexibility index (Phi) is 3.70. The van der Waals surface area contributed by atoms with Crippen molar-refractivity contribution in [3.8, 4) is 0 Å². The SMILES string of the molecule is O=C(Cc1ccc(F)c(Br)c1)c1ccc2c(c1)CCC2. The van der Waals surface area contributed by atoms with Crippen molar-refractivity contribution >= 4 is 21.7 Å². The number of fused-ring (bicyclic) bond motifs is 1. The summed E-state index contributed by atoms with van der Waals surface area (Å²) in [5.41, 5.74) is 4.25. The van der Waals surface area contributed by atoms with Crippen LogP contribution < -0.4 is 0 Å². The first-order valence-corrected chi connectivity index (χ1v) is 7.52. The fourth-order valence-corrected chi connectivity index (χ4v) is 3.11. The van der Waals surface area contributed by atoms with Gasteiger partial charge in [-0.1, -0.05) is 18.2 Å². The highest BCUT2D eigenvalue weighted by atomic mass is 79.9. The van der Waals surface area contributed by atoms with Gasteiger partial charge < -0.3 is 0 Å². The Morgan fingerprint density at radius 2 is 1.90 bits per heavy atom. The molecule has 0 amide bonds. The zero-order valence-electron chi connectivity index (χ0n) is 11.0. The normalized spacial score (nSPS) is 13.3. The lowest BCUT2D eigenvalue weighted by Crippen LogP contribution is -2.04. The van der Waals surface area contributed by atoms with Crippen LogP contribution in [0.1, 0.15) is 33.5 Å². The van der Waals surface area contributed by atoms with Gasteiger partial charge in [-0.15, -0.1) is 0 Å². The zero-order valence-corrected chi connectivity index (χ0v) is 12.5. The molecule has 0 unspecified atom stereocenters. The number of benzene rings is 2. The van der Waals surface area contributed by atoms with Crippen molar-refractivity contribution in [1.82, 2.24) is 0 Å². The maximum atomic E-state index is 13.2. The van der Waals surface area contributed by atoms with Crippen molar-refractivity contribution in [2.75, 3.05) is 0 Å². The zero-order chi connectivity index (χ0) is 14.1. The summed E-state index contributed by atoms with van der Waals surface area (Å²) >= 11 is 3.15. The maximum absolute atomic E-state index is 13.2. The Morgan fingerprint density at radius 1 is 1.10 bits per heavy atom. The third kappa shape index (κ3) is 2.68. The minimum Gasteiger partial charge on any atom is -0.294 e. The van der Waals surface area contributed by atoms with E-state index in [0.717, 1.165) is 24.0 Å². The van der Waals surface area contributed by atoms with Crippen LogP contribution in [0.4, 0.5) is 4.39 Å². The molecule has 1 nitrogen and oxygen atoms in total. The van der Waals surface area contributed by atoms with E-state index in [9.17, 15) is 9.18 Å². The highest BCUT2D eigenvalue weighted by molar-refractivity contribution is 9.10. The second-order valence-corrected chi connectivity index (χ2v) is 6.04. The van der Waals surface area contributed by atoms with Crippen molar-refractivity contribution in [3.63, 3.8) is 0 Å². The number of halogens is 2. The number of Topliss-reactive ketones (excluding diaryl/α,β-unsaturated/α-hetero) is 1. The van der Waals surface area contributed by atoms with Crippen LogP contribution in [-0.2, 0) is 19.3 Å². The molecule has 3 rings (SSSR count). The first-order chi connectivity index (χ1) is 9.63. The summed E-state index contributed by atoms with van der Waals surface area (Å²) in [5, 5.41) is 0. The summed E-state index contributed by atoms with van der Waals surface area (Å²) < 4.78 is 13.6. The van der Waals surface area contributed by atoms with Crippen LogP contribution in [0.2, 0.25) is 0 Å². The molecular weight excluding hydrogens is 319 g/mol. The smallest absolute Gasteiger partial charge is 0.167 e. The van der Waals surface area contributed by atoms with Crippen molar-refractivity contribution < 1.29 is 9.18 Å².